The summed E-state index contributed by atoms with van der Waals surface area (Å²) in [6.07, 6.45) is 10.3. The van der Waals surface area contributed by atoms with Crippen LogP contribution < -0.4 is 5.32 Å². The first-order chi connectivity index (χ1) is 14.2. The van der Waals surface area contributed by atoms with Crippen molar-refractivity contribution in [1.29, 1.82) is 0 Å². The summed E-state index contributed by atoms with van der Waals surface area (Å²) in [6, 6.07) is 0.768. The van der Waals surface area contributed by atoms with E-state index in [1.54, 1.807) is 0 Å². The fourth-order valence-corrected chi connectivity index (χ4v) is 4.93. The van der Waals surface area contributed by atoms with E-state index in [0.717, 1.165) is 77.2 Å². The highest BCUT2D eigenvalue weighted by Gasteiger charge is 2.24. The maximum Gasteiger partial charge on any atom is 0.236 e. The Bertz CT molecular complexity index is 524. The SMILES string of the molecule is CN=C(NCCN(C)C1CCCC1)N1CCN(CC(=O)N2CCCCCC2)CC1.I. The number of hydrogen-bond acceptors (Lipinski definition) is 4. The van der Waals surface area contributed by atoms with Gasteiger partial charge in [0.05, 0.1) is 6.54 Å². The Morgan fingerprint density at radius 3 is 2.17 bits per heavy atom. The molecule has 7 nitrogen and oxygen atoms in total. The van der Waals surface area contributed by atoms with E-state index < -0.39 is 0 Å². The summed E-state index contributed by atoms with van der Waals surface area (Å²) in [6.45, 7) is 8.21. The molecule has 3 aliphatic rings. The van der Waals surface area contributed by atoms with E-state index in [2.05, 4.69) is 37.0 Å². The van der Waals surface area contributed by atoms with Crippen LogP contribution in [0.2, 0.25) is 0 Å². The third-order valence-corrected chi connectivity index (χ3v) is 6.90. The lowest BCUT2D eigenvalue weighted by atomic mass is 10.2. The molecule has 174 valence electrons. The van der Waals surface area contributed by atoms with Gasteiger partial charge in [0.2, 0.25) is 5.91 Å². The van der Waals surface area contributed by atoms with Gasteiger partial charge in [0, 0.05) is 65.4 Å². The molecule has 2 saturated heterocycles. The standard InChI is InChI=1S/C22H42N6O.HI/c1-23-22(24-11-14-25(2)20-9-5-6-10-20)28-17-15-26(16-18-28)19-21(29)27-12-7-3-4-8-13-27;/h20H,3-19H2,1-2H3,(H,23,24);1H. The molecule has 1 aliphatic carbocycles. The fourth-order valence-electron chi connectivity index (χ4n) is 4.93. The van der Waals surface area contributed by atoms with Gasteiger partial charge in [-0.3, -0.25) is 14.7 Å². The second-order valence-corrected chi connectivity index (χ2v) is 8.95. The monoisotopic (exact) mass is 534 g/mol. The lowest BCUT2D eigenvalue weighted by Crippen LogP contribution is -2.54. The zero-order valence-electron chi connectivity index (χ0n) is 19.2. The van der Waals surface area contributed by atoms with Gasteiger partial charge in [-0.2, -0.15) is 0 Å². The van der Waals surface area contributed by atoms with Crippen LogP contribution in [0.4, 0.5) is 0 Å². The fraction of sp³-hybridized carbons (Fsp3) is 0.909. The first-order valence-corrected chi connectivity index (χ1v) is 11.8. The van der Waals surface area contributed by atoms with Crippen LogP contribution in [0.25, 0.3) is 0 Å². The van der Waals surface area contributed by atoms with Crippen LogP contribution in [0, 0.1) is 0 Å². The third-order valence-electron chi connectivity index (χ3n) is 6.90. The Morgan fingerprint density at radius 1 is 0.933 bits per heavy atom. The van der Waals surface area contributed by atoms with Crippen molar-refractivity contribution < 1.29 is 4.79 Å². The minimum Gasteiger partial charge on any atom is -0.355 e. The van der Waals surface area contributed by atoms with E-state index in [1.807, 2.05) is 7.05 Å². The van der Waals surface area contributed by atoms with Crippen LogP contribution in [0.3, 0.4) is 0 Å². The largest absolute Gasteiger partial charge is 0.355 e. The Morgan fingerprint density at radius 2 is 1.57 bits per heavy atom. The maximum absolute atomic E-state index is 12.6. The van der Waals surface area contributed by atoms with Crippen molar-refractivity contribution in [2.75, 3.05) is 73.0 Å². The quantitative estimate of drug-likeness (QED) is 0.322. The van der Waals surface area contributed by atoms with Crippen molar-refractivity contribution in [3.05, 3.63) is 0 Å². The third kappa shape index (κ3) is 7.82. The first kappa shape index (κ1) is 25.6. The molecule has 1 amide bonds. The Labute approximate surface area is 200 Å². The second kappa shape index (κ2) is 13.7. The number of likely N-dealkylation sites (N-methyl/N-ethyl adjacent to an activating group) is 1. The van der Waals surface area contributed by atoms with Crippen molar-refractivity contribution in [1.82, 2.24) is 24.9 Å². The van der Waals surface area contributed by atoms with E-state index in [9.17, 15) is 4.79 Å². The maximum atomic E-state index is 12.6. The van der Waals surface area contributed by atoms with Gasteiger partial charge in [0.15, 0.2) is 5.96 Å². The van der Waals surface area contributed by atoms with Crippen LogP contribution in [0.15, 0.2) is 4.99 Å². The smallest absolute Gasteiger partial charge is 0.236 e. The molecule has 0 unspecified atom stereocenters. The van der Waals surface area contributed by atoms with E-state index in [-0.39, 0.29) is 24.0 Å². The predicted octanol–water partition coefficient (Wildman–Crippen LogP) is 2.07. The van der Waals surface area contributed by atoms with E-state index in [1.165, 1.54) is 38.5 Å². The van der Waals surface area contributed by atoms with Crippen molar-refractivity contribution in [3.8, 4) is 0 Å². The molecular weight excluding hydrogens is 491 g/mol. The molecule has 0 spiro atoms. The summed E-state index contributed by atoms with van der Waals surface area (Å²) < 4.78 is 0. The molecule has 1 N–H and O–H groups in total. The van der Waals surface area contributed by atoms with Gasteiger partial charge in [-0.1, -0.05) is 25.7 Å². The van der Waals surface area contributed by atoms with Crippen molar-refractivity contribution >= 4 is 35.8 Å². The average Bonchev–Trinajstić information content (AvgIpc) is 3.14. The zero-order valence-corrected chi connectivity index (χ0v) is 21.5. The van der Waals surface area contributed by atoms with Crippen molar-refractivity contribution in [3.63, 3.8) is 0 Å². The number of nitrogens with zero attached hydrogens (tertiary/aromatic N) is 5. The van der Waals surface area contributed by atoms with Gasteiger partial charge in [-0.15, -0.1) is 24.0 Å². The number of guanidine groups is 1. The number of piperazine rings is 1. The number of rotatable bonds is 6. The summed E-state index contributed by atoms with van der Waals surface area (Å²) in [5, 5.41) is 3.55. The van der Waals surface area contributed by atoms with Crippen LogP contribution in [-0.2, 0) is 4.79 Å². The van der Waals surface area contributed by atoms with Gasteiger partial charge in [0.1, 0.15) is 0 Å². The molecule has 2 heterocycles. The molecular formula is C22H43IN6O. The molecule has 1 saturated carbocycles. The topological polar surface area (TPSA) is 54.4 Å². The number of likely N-dealkylation sites (tertiary alicyclic amines) is 1. The Kier molecular flexibility index (Phi) is 11.7. The van der Waals surface area contributed by atoms with Crippen LogP contribution in [0.1, 0.15) is 51.4 Å². The van der Waals surface area contributed by atoms with Gasteiger partial charge in [0.25, 0.3) is 0 Å². The molecule has 30 heavy (non-hydrogen) atoms. The van der Waals surface area contributed by atoms with Crippen molar-refractivity contribution in [2.24, 2.45) is 4.99 Å². The summed E-state index contributed by atoms with van der Waals surface area (Å²) in [7, 11) is 4.12. The lowest BCUT2D eigenvalue weighted by Gasteiger charge is -2.37. The molecule has 3 rings (SSSR count). The number of aliphatic imine (C=N–C) groups is 1. The zero-order chi connectivity index (χ0) is 20.5. The van der Waals surface area contributed by atoms with Gasteiger partial charge < -0.3 is 20.0 Å². The van der Waals surface area contributed by atoms with Gasteiger partial charge in [-0.05, 0) is 32.7 Å². The highest BCUT2D eigenvalue weighted by atomic mass is 127. The normalized spacial score (nSPS) is 22.2. The molecule has 0 atom stereocenters. The number of carbonyl (C=O) groups is 1. The number of nitrogens with one attached hydrogen (secondary N) is 1. The van der Waals surface area contributed by atoms with E-state index in [0.29, 0.717) is 12.5 Å². The molecule has 8 heteroatoms. The molecule has 0 aromatic rings. The number of halogens is 1. The number of carbonyl (C=O) groups excluding carboxylic acids is 1. The Balaban J connectivity index is 0.00000320. The summed E-state index contributed by atoms with van der Waals surface area (Å²) in [5.41, 5.74) is 0. The first-order valence-electron chi connectivity index (χ1n) is 11.8. The molecule has 0 aromatic carbocycles. The van der Waals surface area contributed by atoms with Crippen LogP contribution in [-0.4, -0.2) is 111 Å². The Hall–Kier alpha value is -0.610. The molecule has 0 aromatic heterocycles. The van der Waals surface area contributed by atoms with E-state index >= 15 is 0 Å². The van der Waals surface area contributed by atoms with Crippen LogP contribution in [0.5, 0.6) is 0 Å². The second-order valence-electron chi connectivity index (χ2n) is 8.95. The molecule has 2 aliphatic heterocycles. The number of amides is 1. The average molecular weight is 535 g/mol. The summed E-state index contributed by atoms with van der Waals surface area (Å²) in [5.74, 6) is 1.32. The lowest BCUT2D eigenvalue weighted by molar-refractivity contribution is -0.132. The highest BCUT2D eigenvalue weighted by Crippen LogP contribution is 2.21. The van der Waals surface area contributed by atoms with Gasteiger partial charge >= 0.3 is 0 Å². The predicted molar refractivity (Wildman–Crippen MR) is 135 cm³/mol. The minimum absolute atomic E-state index is 0. The minimum atomic E-state index is 0. The summed E-state index contributed by atoms with van der Waals surface area (Å²) in [4.78, 5) is 26.4. The number of hydrogen-bond donors (Lipinski definition) is 1. The molecule has 0 radical (unpaired) electrons. The molecule has 0 bridgehead atoms. The van der Waals surface area contributed by atoms with Gasteiger partial charge in [-0.25, -0.2) is 0 Å². The van der Waals surface area contributed by atoms with Crippen LogP contribution >= 0.6 is 24.0 Å². The van der Waals surface area contributed by atoms with E-state index in [4.69, 9.17) is 0 Å². The molecule has 3 fully saturated rings. The van der Waals surface area contributed by atoms with Crippen molar-refractivity contribution in [2.45, 2.75) is 57.4 Å². The summed E-state index contributed by atoms with van der Waals surface area (Å²) >= 11 is 0. The highest BCUT2D eigenvalue weighted by molar-refractivity contribution is 14.0.